The fourth-order valence-electron chi connectivity index (χ4n) is 1.66. The molecule has 0 bridgehead atoms. The van der Waals surface area contributed by atoms with E-state index in [1.165, 1.54) is 24.3 Å². The molecule has 0 atom stereocenters. The van der Waals surface area contributed by atoms with Crippen LogP contribution >= 0.6 is 35.4 Å². The van der Waals surface area contributed by atoms with Crippen LogP contribution in [-0.2, 0) is 0 Å². The zero-order valence-corrected chi connectivity index (χ0v) is 13.7. The van der Waals surface area contributed by atoms with Gasteiger partial charge in [-0.15, -0.1) is 0 Å². The third-order valence-electron chi connectivity index (χ3n) is 2.77. The molecule has 2 aromatic rings. The second kappa shape index (κ2) is 7.36. The van der Waals surface area contributed by atoms with Gasteiger partial charge in [0.15, 0.2) is 5.11 Å². The van der Waals surface area contributed by atoms with Gasteiger partial charge in [0.1, 0.15) is 0 Å². The number of nitrogens with zero attached hydrogens (tertiary/aromatic N) is 1. The van der Waals surface area contributed by atoms with Crippen molar-refractivity contribution in [2.75, 3.05) is 5.32 Å². The predicted octanol–water partition coefficient (Wildman–Crippen LogP) is 4.03. The monoisotopic (exact) mass is 369 g/mol. The molecule has 0 radical (unpaired) electrons. The Balaban J connectivity index is 2.03. The van der Waals surface area contributed by atoms with Crippen molar-refractivity contribution in [2.24, 2.45) is 0 Å². The van der Waals surface area contributed by atoms with Crippen LogP contribution in [-0.4, -0.2) is 15.9 Å². The van der Waals surface area contributed by atoms with Crippen LogP contribution in [0.1, 0.15) is 10.4 Å². The van der Waals surface area contributed by atoms with Gasteiger partial charge in [-0.25, -0.2) is 0 Å². The van der Waals surface area contributed by atoms with E-state index in [1.54, 1.807) is 18.2 Å². The number of benzene rings is 2. The molecular formula is C14H9Cl2N3O3S. The molecule has 0 unspecified atom stereocenters. The SMILES string of the molecule is O=C(NC(=S)Nc1cccc(Cl)c1Cl)c1ccc([N+](=O)[O-])cc1. The van der Waals surface area contributed by atoms with E-state index < -0.39 is 10.8 Å². The van der Waals surface area contributed by atoms with Crippen LogP contribution in [0.5, 0.6) is 0 Å². The van der Waals surface area contributed by atoms with Gasteiger partial charge < -0.3 is 5.32 Å². The summed E-state index contributed by atoms with van der Waals surface area (Å²) in [5.74, 6) is -0.504. The summed E-state index contributed by atoms with van der Waals surface area (Å²) in [6.45, 7) is 0. The normalized spacial score (nSPS) is 10.0. The van der Waals surface area contributed by atoms with E-state index in [2.05, 4.69) is 10.6 Å². The number of hydrogen-bond acceptors (Lipinski definition) is 4. The summed E-state index contributed by atoms with van der Waals surface area (Å²) in [6, 6.07) is 10.1. The molecule has 118 valence electrons. The largest absolute Gasteiger partial charge is 0.331 e. The van der Waals surface area contributed by atoms with Gasteiger partial charge in [-0.05, 0) is 36.5 Å². The molecule has 2 rings (SSSR count). The molecule has 0 aliphatic heterocycles. The minimum atomic E-state index is -0.547. The van der Waals surface area contributed by atoms with Crippen molar-refractivity contribution in [3.8, 4) is 0 Å². The number of rotatable bonds is 3. The van der Waals surface area contributed by atoms with Crippen LogP contribution in [0, 0.1) is 10.1 Å². The molecule has 9 heteroatoms. The Labute approximate surface area is 146 Å². The van der Waals surface area contributed by atoms with Gasteiger partial charge in [0, 0.05) is 17.7 Å². The van der Waals surface area contributed by atoms with E-state index in [9.17, 15) is 14.9 Å². The van der Waals surface area contributed by atoms with Crippen molar-refractivity contribution >= 4 is 57.8 Å². The van der Waals surface area contributed by atoms with Gasteiger partial charge in [-0.3, -0.25) is 20.2 Å². The average molecular weight is 370 g/mol. The number of nitrogens with one attached hydrogen (secondary N) is 2. The van der Waals surface area contributed by atoms with Crippen LogP contribution in [0.25, 0.3) is 0 Å². The number of nitro groups is 1. The number of anilines is 1. The maximum atomic E-state index is 12.0. The van der Waals surface area contributed by atoms with Crippen molar-refractivity contribution < 1.29 is 9.72 Å². The van der Waals surface area contributed by atoms with Crippen LogP contribution in [0.4, 0.5) is 11.4 Å². The number of carbonyl (C=O) groups is 1. The number of halogens is 2. The van der Waals surface area contributed by atoms with Gasteiger partial charge in [0.25, 0.3) is 11.6 Å². The van der Waals surface area contributed by atoms with Crippen LogP contribution in [0.3, 0.4) is 0 Å². The fourth-order valence-corrected chi connectivity index (χ4v) is 2.21. The molecule has 1 amide bonds. The van der Waals surface area contributed by atoms with Gasteiger partial charge in [-0.2, -0.15) is 0 Å². The van der Waals surface area contributed by atoms with E-state index in [4.69, 9.17) is 35.4 Å². The highest BCUT2D eigenvalue weighted by Gasteiger charge is 2.12. The van der Waals surface area contributed by atoms with Crippen molar-refractivity contribution in [1.82, 2.24) is 5.32 Å². The van der Waals surface area contributed by atoms with Crippen LogP contribution in [0.15, 0.2) is 42.5 Å². The molecular weight excluding hydrogens is 361 g/mol. The minimum Gasteiger partial charge on any atom is -0.331 e. The summed E-state index contributed by atoms with van der Waals surface area (Å²) in [5, 5.41) is 16.4. The molecule has 2 N–H and O–H groups in total. The zero-order valence-electron chi connectivity index (χ0n) is 11.4. The molecule has 6 nitrogen and oxygen atoms in total. The highest BCUT2D eigenvalue weighted by atomic mass is 35.5. The van der Waals surface area contributed by atoms with E-state index in [0.29, 0.717) is 10.7 Å². The standard InChI is InChI=1S/C14H9Cl2N3O3S/c15-10-2-1-3-11(12(10)16)17-14(23)18-13(20)8-4-6-9(7-5-8)19(21)22/h1-7H,(H2,17,18,20,23). The van der Waals surface area contributed by atoms with Crippen molar-refractivity contribution in [3.05, 3.63) is 68.2 Å². The van der Waals surface area contributed by atoms with E-state index in [0.717, 1.165) is 0 Å². The van der Waals surface area contributed by atoms with Gasteiger partial charge in [0.05, 0.1) is 20.7 Å². The second-order valence-electron chi connectivity index (χ2n) is 4.31. The quantitative estimate of drug-likeness (QED) is 0.484. The van der Waals surface area contributed by atoms with Crippen LogP contribution in [0.2, 0.25) is 10.0 Å². The molecule has 0 saturated heterocycles. The molecule has 0 aliphatic carbocycles. The third kappa shape index (κ3) is 4.38. The number of nitro benzene ring substituents is 1. The summed E-state index contributed by atoms with van der Waals surface area (Å²) in [7, 11) is 0. The molecule has 2 aromatic carbocycles. The lowest BCUT2D eigenvalue weighted by Gasteiger charge is -2.11. The van der Waals surface area contributed by atoms with Crippen molar-refractivity contribution in [3.63, 3.8) is 0 Å². The smallest absolute Gasteiger partial charge is 0.269 e. The highest BCUT2D eigenvalue weighted by Crippen LogP contribution is 2.29. The van der Waals surface area contributed by atoms with Gasteiger partial charge in [0.2, 0.25) is 0 Å². The minimum absolute atomic E-state index is 0.0255. The molecule has 0 aliphatic rings. The molecule has 0 fully saturated rings. The fraction of sp³-hybridized carbons (Fsp3) is 0. The summed E-state index contributed by atoms with van der Waals surface area (Å²) in [5.41, 5.74) is 0.582. The first-order valence-corrected chi connectivity index (χ1v) is 7.35. The van der Waals surface area contributed by atoms with Gasteiger partial charge in [-0.1, -0.05) is 29.3 Å². The molecule has 0 aromatic heterocycles. The Morgan fingerprint density at radius 2 is 1.78 bits per heavy atom. The first-order valence-electron chi connectivity index (χ1n) is 6.19. The number of hydrogen-bond donors (Lipinski definition) is 2. The maximum Gasteiger partial charge on any atom is 0.269 e. The lowest BCUT2D eigenvalue weighted by molar-refractivity contribution is -0.384. The topological polar surface area (TPSA) is 84.3 Å². The Morgan fingerprint density at radius 3 is 2.39 bits per heavy atom. The zero-order chi connectivity index (χ0) is 17.0. The molecule has 0 heterocycles. The third-order valence-corrected chi connectivity index (χ3v) is 3.79. The Bertz CT molecular complexity index is 781. The summed E-state index contributed by atoms with van der Waals surface area (Å²) in [6.07, 6.45) is 0. The predicted molar refractivity (Wildman–Crippen MR) is 93.2 cm³/mol. The molecule has 0 spiro atoms. The van der Waals surface area contributed by atoms with Gasteiger partial charge >= 0.3 is 0 Å². The molecule has 23 heavy (non-hydrogen) atoms. The first kappa shape index (κ1) is 17.1. The lowest BCUT2D eigenvalue weighted by atomic mass is 10.2. The van der Waals surface area contributed by atoms with Crippen molar-refractivity contribution in [1.29, 1.82) is 0 Å². The summed E-state index contributed by atoms with van der Waals surface area (Å²) < 4.78 is 0. The highest BCUT2D eigenvalue weighted by molar-refractivity contribution is 7.80. The Morgan fingerprint density at radius 1 is 1.13 bits per heavy atom. The molecule has 0 saturated carbocycles. The van der Waals surface area contributed by atoms with Crippen LogP contribution < -0.4 is 10.6 Å². The summed E-state index contributed by atoms with van der Waals surface area (Å²) >= 11 is 16.9. The number of thiocarbonyl (C=S) groups is 1. The Hall–Kier alpha value is -2.22. The number of amides is 1. The van der Waals surface area contributed by atoms with E-state index in [-0.39, 0.29) is 21.4 Å². The lowest BCUT2D eigenvalue weighted by Crippen LogP contribution is -2.34. The van der Waals surface area contributed by atoms with E-state index >= 15 is 0 Å². The van der Waals surface area contributed by atoms with E-state index in [1.807, 2.05) is 0 Å². The Kier molecular flexibility index (Phi) is 5.49. The average Bonchev–Trinajstić information content (AvgIpc) is 2.52. The number of non-ortho nitro benzene ring substituents is 1. The maximum absolute atomic E-state index is 12.0. The summed E-state index contributed by atoms with van der Waals surface area (Å²) in [4.78, 5) is 22.0. The second-order valence-corrected chi connectivity index (χ2v) is 5.51. The number of carbonyl (C=O) groups excluding carboxylic acids is 1. The van der Waals surface area contributed by atoms with Crippen molar-refractivity contribution in [2.45, 2.75) is 0 Å². The first-order chi connectivity index (χ1) is 10.9.